The highest BCUT2D eigenvalue weighted by Crippen LogP contribution is 2.23. The van der Waals surface area contributed by atoms with Gasteiger partial charge in [-0.25, -0.2) is 0 Å². The van der Waals surface area contributed by atoms with E-state index in [4.69, 9.17) is 4.74 Å². The summed E-state index contributed by atoms with van der Waals surface area (Å²) in [4.78, 5) is 13.5. The van der Waals surface area contributed by atoms with Crippen molar-refractivity contribution in [1.29, 1.82) is 0 Å². The Morgan fingerprint density at radius 3 is 2.36 bits per heavy atom. The van der Waals surface area contributed by atoms with Crippen LogP contribution in [0.1, 0.15) is 13.8 Å². The molecule has 0 amide bonds. The Kier molecular flexibility index (Phi) is 5.09. The summed E-state index contributed by atoms with van der Waals surface area (Å²) in [7, 11) is 1.64. The summed E-state index contributed by atoms with van der Waals surface area (Å²) in [6, 6.07) is 17.7. The van der Waals surface area contributed by atoms with Crippen molar-refractivity contribution in [3.8, 4) is 17.1 Å². The number of hydrogen-bond acceptors (Lipinski definition) is 6. The molecule has 0 aliphatic heterocycles. The van der Waals surface area contributed by atoms with Crippen LogP contribution in [0.3, 0.4) is 0 Å². The molecule has 2 N–H and O–H groups in total. The lowest BCUT2D eigenvalue weighted by Gasteiger charge is -2.12. The van der Waals surface area contributed by atoms with Crippen LogP contribution in [0.4, 0.5) is 17.6 Å². The van der Waals surface area contributed by atoms with Gasteiger partial charge in [0.1, 0.15) is 5.75 Å². The lowest BCUT2D eigenvalue weighted by Crippen LogP contribution is -2.14. The predicted molar refractivity (Wildman–Crippen MR) is 100 cm³/mol. The van der Waals surface area contributed by atoms with Crippen LogP contribution >= 0.6 is 0 Å². The van der Waals surface area contributed by atoms with Crippen LogP contribution in [0.15, 0.2) is 54.6 Å². The molecule has 0 spiro atoms. The molecule has 6 nitrogen and oxygen atoms in total. The van der Waals surface area contributed by atoms with Crippen molar-refractivity contribution in [3.63, 3.8) is 0 Å². The minimum absolute atomic E-state index is 0.213. The highest BCUT2D eigenvalue weighted by Gasteiger charge is 2.10. The summed E-state index contributed by atoms with van der Waals surface area (Å²) >= 11 is 0. The van der Waals surface area contributed by atoms with E-state index in [-0.39, 0.29) is 6.04 Å². The van der Waals surface area contributed by atoms with Gasteiger partial charge in [-0.3, -0.25) is 0 Å². The van der Waals surface area contributed by atoms with Gasteiger partial charge in [0.05, 0.1) is 7.11 Å². The van der Waals surface area contributed by atoms with E-state index >= 15 is 0 Å². The molecule has 3 rings (SSSR count). The lowest BCUT2D eigenvalue weighted by molar-refractivity contribution is 0.415. The van der Waals surface area contributed by atoms with Crippen LogP contribution in [0.25, 0.3) is 11.4 Å². The van der Waals surface area contributed by atoms with Crippen LogP contribution in [-0.4, -0.2) is 28.1 Å². The zero-order valence-corrected chi connectivity index (χ0v) is 14.5. The molecule has 128 valence electrons. The molecule has 1 heterocycles. The highest BCUT2D eigenvalue weighted by molar-refractivity contribution is 5.62. The van der Waals surface area contributed by atoms with Crippen LogP contribution in [0.2, 0.25) is 0 Å². The number of nitrogens with one attached hydrogen (secondary N) is 2. The molecule has 25 heavy (non-hydrogen) atoms. The van der Waals surface area contributed by atoms with E-state index in [1.54, 1.807) is 7.11 Å². The number of para-hydroxylation sites is 1. The van der Waals surface area contributed by atoms with Crippen LogP contribution in [0, 0.1) is 0 Å². The zero-order valence-electron chi connectivity index (χ0n) is 14.5. The van der Waals surface area contributed by atoms with Gasteiger partial charge in [0.2, 0.25) is 11.9 Å². The molecule has 2 aromatic carbocycles. The number of nitrogens with zero attached hydrogens (tertiary/aromatic N) is 3. The molecule has 3 aromatic rings. The van der Waals surface area contributed by atoms with Crippen LogP contribution < -0.4 is 15.4 Å². The summed E-state index contributed by atoms with van der Waals surface area (Å²) in [6.07, 6.45) is 0. The average molecular weight is 335 g/mol. The summed E-state index contributed by atoms with van der Waals surface area (Å²) < 4.78 is 5.29. The Hall–Kier alpha value is -3.15. The Bertz CT molecular complexity index is 836. The largest absolute Gasteiger partial charge is 0.497 e. The van der Waals surface area contributed by atoms with Gasteiger partial charge in [0.15, 0.2) is 5.82 Å². The van der Waals surface area contributed by atoms with Crippen molar-refractivity contribution >= 4 is 17.6 Å². The van der Waals surface area contributed by atoms with Crippen LogP contribution in [0.5, 0.6) is 5.75 Å². The van der Waals surface area contributed by atoms with Crippen molar-refractivity contribution in [2.24, 2.45) is 0 Å². The highest BCUT2D eigenvalue weighted by atomic mass is 16.5. The van der Waals surface area contributed by atoms with E-state index in [2.05, 4.69) is 25.6 Å². The third-order valence-corrected chi connectivity index (χ3v) is 3.41. The minimum Gasteiger partial charge on any atom is -0.497 e. The normalized spacial score (nSPS) is 10.6. The molecular weight excluding hydrogens is 314 g/mol. The summed E-state index contributed by atoms with van der Waals surface area (Å²) in [5.41, 5.74) is 1.78. The van der Waals surface area contributed by atoms with E-state index in [1.165, 1.54) is 0 Å². The molecule has 6 heteroatoms. The fraction of sp³-hybridized carbons (Fsp3) is 0.211. The molecule has 0 aliphatic rings. The Morgan fingerprint density at radius 2 is 1.64 bits per heavy atom. The molecular formula is C19H21N5O. The van der Waals surface area contributed by atoms with E-state index in [1.807, 2.05) is 68.4 Å². The first-order valence-corrected chi connectivity index (χ1v) is 8.13. The van der Waals surface area contributed by atoms with Gasteiger partial charge in [0, 0.05) is 17.3 Å². The summed E-state index contributed by atoms with van der Waals surface area (Å²) in [5, 5.41) is 6.46. The smallest absolute Gasteiger partial charge is 0.232 e. The van der Waals surface area contributed by atoms with Gasteiger partial charge in [-0.2, -0.15) is 15.0 Å². The maximum Gasteiger partial charge on any atom is 0.232 e. The van der Waals surface area contributed by atoms with E-state index in [0.29, 0.717) is 17.7 Å². The molecule has 0 radical (unpaired) electrons. The molecule has 1 aromatic heterocycles. The van der Waals surface area contributed by atoms with E-state index in [9.17, 15) is 0 Å². The van der Waals surface area contributed by atoms with Gasteiger partial charge < -0.3 is 15.4 Å². The van der Waals surface area contributed by atoms with E-state index in [0.717, 1.165) is 17.0 Å². The number of ether oxygens (including phenoxy) is 1. The van der Waals surface area contributed by atoms with Crippen molar-refractivity contribution in [2.45, 2.75) is 19.9 Å². The second-order valence-corrected chi connectivity index (χ2v) is 5.83. The van der Waals surface area contributed by atoms with Crippen LogP contribution in [-0.2, 0) is 0 Å². The topological polar surface area (TPSA) is 72.0 Å². The first-order valence-electron chi connectivity index (χ1n) is 8.13. The molecule has 0 aliphatic carbocycles. The van der Waals surface area contributed by atoms with Crippen molar-refractivity contribution in [1.82, 2.24) is 15.0 Å². The fourth-order valence-corrected chi connectivity index (χ4v) is 2.30. The first kappa shape index (κ1) is 16.7. The van der Waals surface area contributed by atoms with E-state index < -0.39 is 0 Å². The standard InChI is InChI=1S/C19H21N5O/c1-13(2)20-18-22-17(14-8-7-11-16(12-14)25-3)23-19(24-18)21-15-9-5-4-6-10-15/h4-13H,1-3H3,(H2,20,21,22,23,24). The first-order chi connectivity index (χ1) is 12.1. The van der Waals surface area contributed by atoms with Gasteiger partial charge in [0.25, 0.3) is 0 Å². The fourth-order valence-electron chi connectivity index (χ4n) is 2.30. The quantitative estimate of drug-likeness (QED) is 0.706. The summed E-state index contributed by atoms with van der Waals surface area (Å²) in [5.74, 6) is 2.35. The minimum atomic E-state index is 0.213. The average Bonchev–Trinajstić information content (AvgIpc) is 2.62. The predicted octanol–water partition coefficient (Wildman–Crippen LogP) is 4.11. The van der Waals surface area contributed by atoms with Crippen molar-refractivity contribution < 1.29 is 4.74 Å². The zero-order chi connectivity index (χ0) is 17.6. The second-order valence-electron chi connectivity index (χ2n) is 5.83. The number of anilines is 3. The monoisotopic (exact) mass is 335 g/mol. The number of methoxy groups -OCH3 is 1. The lowest BCUT2D eigenvalue weighted by atomic mass is 10.2. The molecule has 0 fully saturated rings. The SMILES string of the molecule is COc1cccc(-c2nc(Nc3ccccc3)nc(NC(C)C)n2)c1. The Balaban J connectivity index is 2.00. The summed E-state index contributed by atoms with van der Waals surface area (Å²) in [6.45, 7) is 4.08. The Labute approximate surface area is 147 Å². The molecule has 0 bridgehead atoms. The maximum atomic E-state index is 5.29. The number of aromatic nitrogens is 3. The molecule has 0 saturated carbocycles. The second kappa shape index (κ2) is 7.61. The maximum absolute atomic E-state index is 5.29. The van der Waals surface area contributed by atoms with Gasteiger partial charge in [-0.1, -0.05) is 30.3 Å². The van der Waals surface area contributed by atoms with Gasteiger partial charge in [-0.15, -0.1) is 0 Å². The van der Waals surface area contributed by atoms with Gasteiger partial charge in [-0.05, 0) is 38.1 Å². The number of benzene rings is 2. The van der Waals surface area contributed by atoms with Crippen molar-refractivity contribution in [3.05, 3.63) is 54.6 Å². The Morgan fingerprint density at radius 1 is 0.880 bits per heavy atom. The molecule has 0 atom stereocenters. The molecule has 0 saturated heterocycles. The van der Waals surface area contributed by atoms with Gasteiger partial charge >= 0.3 is 0 Å². The third kappa shape index (κ3) is 4.44. The third-order valence-electron chi connectivity index (χ3n) is 3.41. The van der Waals surface area contributed by atoms with Crippen molar-refractivity contribution in [2.75, 3.05) is 17.7 Å². The molecule has 0 unspecified atom stereocenters. The number of hydrogen-bond donors (Lipinski definition) is 2. The number of rotatable bonds is 6.